The van der Waals surface area contributed by atoms with Gasteiger partial charge in [0, 0.05) is 17.8 Å². The molecule has 2 N–H and O–H groups in total. The fourth-order valence-corrected chi connectivity index (χ4v) is 3.76. The number of benzene rings is 2. The summed E-state index contributed by atoms with van der Waals surface area (Å²) in [6, 6.07) is 17.6. The largest absolute Gasteiger partial charge is 0.335 e. The Kier molecular flexibility index (Phi) is 6.52. The van der Waals surface area contributed by atoms with Crippen molar-refractivity contribution in [3.8, 4) is 17.5 Å². The summed E-state index contributed by atoms with van der Waals surface area (Å²) in [5.74, 6) is 6.70. The van der Waals surface area contributed by atoms with Crippen LogP contribution in [-0.2, 0) is 4.79 Å². The highest BCUT2D eigenvalue weighted by Gasteiger charge is 2.19. The summed E-state index contributed by atoms with van der Waals surface area (Å²) >= 11 is 1.23. The van der Waals surface area contributed by atoms with Gasteiger partial charge in [0.25, 0.3) is 0 Å². The van der Waals surface area contributed by atoms with Crippen molar-refractivity contribution in [3.63, 3.8) is 0 Å². The Balaban J connectivity index is 1.75. The van der Waals surface area contributed by atoms with Gasteiger partial charge < -0.3 is 10.7 Å². The molecule has 0 fully saturated rings. The van der Waals surface area contributed by atoms with E-state index >= 15 is 0 Å². The molecule has 3 aromatic rings. The zero-order chi connectivity index (χ0) is 20.8. The number of aromatic nitrogens is 3. The molecule has 0 bridgehead atoms. The number of rotatable bonds is 7. The fourth-order valence-electron chi connectivity index (χ4n) is 3.03. The zero-order valence-corrected chi connectivity index (χ0v) is 17.2. The molecule has 148 valence electrons. The van der Waals surface area contributed by atoms with E-state index in [-0.39, 0.29) is 18.1 Å². The van der Waals surface area contributed by atoms with Crippen LogP contribution in [0.1, 0.15) is 17.5 Å². The molecule has 1 heterocycles. The molecule has 0 aliphatic rings. The monoisotopic (exact) mass is 406 g/mol. The van der Waals surface area contributed by atoms with Gasteiger partial charge in [-0.05, 0) is 37.1 Å². The van der Waals surface area contributed by atoms with Crippen LogP contribution in [0.25, 0.3) is 11.4 Å². The summed E-state index contributed by atoms with van der Waals surface area (Å²) in [5, 5.41) is 17.7. The number of amides is 1. The van der Waals surface area contributed by atoms with Gasteiger partial charge in [-0.3, -0.25) is 4.79 Å². The number of hydrogen-bond acceptors (Lipinski definition) is 6. The topological polar surface area (TPSA) is 101 Å². The highest BCUT2D eigenvalue weighted by molar-refractivity contribution is 7.99. The number of nitriles is 1. The predicted octanol–water partition coefficient (Wildman–Crippen LogP) is 3.31. The molecule has 0 unspecified atom stereocenters. The Bertz CT molecular complexity index is 1020. The molecule has 2 aromatic carbocycles. The summed E-state index contributed by atoms with van der Waals surface area (Å²) in [6.07, 6.45) is 0.259. The van der Waals surface area contributed by atoms with Crippen LogP contribution in [0.4, 0.5) is 5.69 Å². The first-order valence-electron chi connectivity index (χ1n) is 9.14. The van der Waals surface area contributed by atoms with Gasteiger partial charge in [0.1, 0.15) is 0 Å². The molecule has 3 rings (SSSR count). The second kappa shape index (κ2) is 9.26. The van der Waals surface area contributed by atoms with E-state index in [1.807, 2.05) is 62.4 Å². The van der Waals surface area contributed by atoms with Crippen LogP contribution in [-0.4, -0.2) is 33.1 Å². The van der Waals surface area contributed by atoms with Gasteiger partial charge in [-0.25, -0.2) is 4.68 Å². The van der Waals surface area contributed by atoms with E-state index in [9.17, 15) is 4.79 Å². The van der Waals surface area contributed by atoms with Gasteiger partial charge in [0.15, 0.2) is 5.82 Å². The maximum Gasteiger partial charge on any atom is 0.237 e. The molecule has 0 aliphatic carbocycles. The molecule has 0 radical (unpaired) electrons. The van der Waals surface area contributed by atoms with Crippen molar-refractivity contribution in [2.45, 2.75) is 25.4 Å². The van der Waals surface area contributed by atoms with Gasteiger partial charge in [0.2, 0.25) is 11.1 Å². The number of thioether (sulfide) groups is 1. The first-order valence-corrected chi connectivity index (χ1v) is 10.1. The van der Waals surface area contributed by atoms with Crippen LogP contribution in [0.2, 0.25) is 0 Å². The van der Waals surface area contributed by atoms with Crippen molar-refractivity contribution in [2.24, 2.45) is 0 Å². The Morgan fingerprint density at radius 2 is 1.86 bits per heavy atom. The van der Waals surface area contributed by atoms with Gasteiger partial charge in [-0.1, -0.05) is 48.2 Å². The number of carbonyl (C=O) groups excluding carboxylic acids is 1. The Morgan fingerprint density at radius 1 is 1.17 bits per heavy atom. The van der Waals surface area contributed by atoms with E-state index in [0.717, 1.165) is 22.4 Å². The van der Waals surface area contributed by atoms with Crippen molar-refractivity contribution in [3.05, 3.63) is 59.7 Å². The smallest absolute Gasteiger partial charge is 0.237 e. The molecule has 0 aliphatic heterocycles. The SMILES string of the molecule is Cc1cc(C)cc(N(CCC#N)C(=O)CSc2nnc(-c3ccccc3)n2N)c1. The molecule has 0 spiro atoms. The van der Waals surface area contributed by atoms with Crippen molar-refractivity contribution < 1.29 is 4.79 Å². The van der Waals surface area contributed by atoms with Crippen LogP contribution >= 0.6 is 11.8 Å². The molecule has 1 amide bonds. The summed E-state index contributed by atoms with van der Waals surface area (Å²) < 4.78 is 1.39. The number of aryl methyl sites for hydroxylation is 2. The summed E-state index contributed by atoms with van der Waals surface area (Å²) in [7, 11) is 0. The predicted molar refractivity (Wildman–Crippen MR) is 115 cm³/mol. The quantitative estimate of drug-likeness (QED) is 0.477. The lowest BCUT2D eigenvalue weighted by Gasteiger charge is -2.22. The molecule has 29 heavy (non-hydrogen) atoms. The van der Waals surface area contributed by atoms with Gasteiger partial charge >= 0.3 is 0 Å². The standard InChI is InChI=1S/C21H22N6OS/c1-15-11-16(2)13-18(12-15)26(10-6-9-22)19(28)14-29-21-25-24-20(27(21)23)17-7-4-3-5-8-17/h3-5,7-8,11-13H,6,10,14,23H2,1-2H3. The molecule has 0 saturated carbocycles. The molecule has 8 heteroatoms. The Hall–Kier alpha value is -3.31. The second-order valence-corrected chi connectivity index (χ2v) is 7.57. The number of nitrogen functional groups attached to an aromatic ring is 1. The number of nitrogens with two attached hydrogens (primary N) is 1. The van der Waals surface area contributed by atoms with Crippen molar-refractivity contribution in [1.82, 2.24) is 14.9 Å². The average Bonchev–Trinajstić information content (AvgIpc) is 3.07. The normalized spacial score (nSPS) is 10.5. The number of nitrogens with zero attached hydrogens (tertiary/aromatic N) is 5. The van der Waals surface area contributed by atoms with Crippen molar-refractivity contribution in [1.29, 1.82) is 5.26 Å². The molecule has 7 nitrogen and oxygen atoms in total. The van der Waals surface area contributed by atoms with Crippen LogP contribution in [0.15, 0.2) is 53.7 Å². The minimum absolute atomic E-state index is 0.112. The van der Waals surface area contributed by atoms with Crippen LogP contribution in [0.3, 0.4) is 0 Å². The highest BCUT2D eigenvalue weighted by Crippen LogP contribution is 2.24. The number of anilines is 1. The lowest BCUT2D eigenvalue weighted by molar-refractivity contribution is -0.116. The fraction of sp³-hybridized carbons (Fsp3) is 0.238. The minimum atomic E-state index is -0.112. The zero-order valence-electron chi connectivity index (χ0n) is 16.4. The van der Waals surface area contributed by atoms with Crippen molar-refractivity contribution >= 4 is 23.4 Å². The maximum absolute atomic E-state index is 12.9. The Morgan fingerprint density at radius 3 is 2.52 bits per heavy atom. The summed E-state index contributed by atoms with van der Waals surface area (Å²) in [5.41, 5.74) is 3.78. The molecular formula is C21H22N6OS. The first kappa shape index (κ1) is 20.4. The molecule has 0 atom stereocenters. The maximum atomic E-state index is 12.9. The van der Waals surface area contributed by atoms with Gasteiger partial charge in [-0.2, -0.15) is 5.26 Å². The summed E-state index contributed by atoms with van der Waals surface area (Å²) in [4.78, 5) is 14.6. The molecule has 1 aromatic heterocycles. The van der Waals surface area contributed by atoms with Gasteiger partial charge in [0.05, 0.1) is 18.2 Å². The third-order valence-electron chi connectivity index (χ3n) is 4.29. The van der Waals surface area contributed by atoms with E-state index in [0.29, 0.717) is 17.5 Å². The van der Waals surface area contributed by atoms with Crippen molar-refractivity contribution in [2.75, 3.05) is 23.0 Å². The Labute approximate surface area is 174 Å². The minimum Gasteiger partial charge on any atom is -0.335 e. The lowest BCUT2D eigenvalue weighted by atomic mass is 10.1. The molecular weight excluding hydrogens is 384 g/mol. The highest BCUT2D eigenvalue weighted by atomic mass is 32.2. The second-order valence-electron chi connectivity index (χ2n) is 6.63. The van der Waals surface area contributed by atoms with E-state index in [4.69, 9.17) is 11.1 Å². The first-order chi connectivity index (χ1) is 14.0. The average molecular weight is 407 g/mol. The van der Waals surface area contributed by atoms with E-state index in [1.165, 1.54) is 16.4 Å². The van der Waals surface area contributed by atoms with Crippen LogP contribution < -0.4 is 10.7 Å². The lowest BCUT2D eigenvalue weighted by Crippen LogP contribution is -2.33. The third-order valence-corrected chi connectivity index (χ3v) is 5.22. The summed E-state index contributed by atoms with van der Waals surface area (Å²) in [6.45, 7) is 4.31. The van der Waals surface area contributed by atoms with Crippen LogP contribution in [0, 0.1) is 25.2 Å². The number of carbonyl (C=O) groups is 1. The van der Waals surface area contributed by atoms with Gasteiger partial charge in [-0.15, -0.1) is 10.2 Å². The molecule has 0 saturated heterocycles. The van der Waals surface area contributed by atoms with Crippen LogP contribution in [0.5, 0.6) is 0 Å². The number of hydrogen-bond donors (Lipinski definition) is 1. The van der Waals surface area contributed by atoms with E-state index < -0.39 is 0 Å². The van der Waals surface area contributed by atoms with E-state index in [2.05, 4.69) is 16.3 Å². The van der Waals surface area contributed by atoms with E-state index in [1.54, 1.807) is 4.90 Å². The third kappa shape index (κ3) is 4.95.